The molecule has 1 N–H and O–H groups in total. The van der Waals surface area contributed by atoms with Crippen molar-refractivity contribution in [2.45, 2.75) is 18.5 Å². The summed E-state index contributed by atoms with van der Waals surface area (Å²) in [5.41, 5.74) is 3.36. The number of rotatable bonds is 6. The average Bonchev–Trinajstić information content (AvgIpc) is 3.40. The van der Waals surface area contributed by atoms with E-state index in [0.717, 1.165) is 16.7 Å². The van der Waals surface area contributed by atoms with E-state index in [1.54, 1.807) is 18.2 Å². The molecule has 0 saturated carbocycles. The smallest absolute Gasteiger partial charge is 0.248 e. The van der Waals surface area contributed by atoms with E-state index in [9.17, 15) is 14.4 Å². The van der Waals surface area contributed by atoms with E-state index >= 15 is 0 Å². The lowest BCUT2D eigenvalue weighted by atomic mass is 9.84. The third-order valence-electron chi connectivity index (χ3n) is 7.71. The summed E-state index contributed by atoms with van der Waals surface area (Å²) in [6.45, 7) is 0.273. The van der Waals surface area contributed by atoms with Gasteiger partial charge in [0.15, 0.2) is 0 Å². The van der Waals surface area contributed by atoms with Crippen molar-refractivity contribution in [1.29, 1.82) is 0 Å². The Bertz CT molecular complexity index is 1460. The van der Waals surface area contributed by atoms with Gasteiger partial charge < -0.3 is 15.0 Å². The summed E-state index contributed by atoms with van der Waals surface area (Å²) in [7, 11) is 1.51. The largest absolute Gasteiger partial charge is 0.495 e. The third kappa shape index (κ3) is 3.94. The fourth-order valence-corrected chi connectivity index (χ4v) is 6.18. The fourth-order valence-electron chi connectivity index (χ4n) is 6.01. The van der Waals surface area contributed by atoms with Gasteiger partial charge in [-0.25, -0.2) is 0 Å². The molecular formula is C30H26ClN3O4. The van der Waals surface area contributed by atoms with E-state index in [0.29, 0.717) is 22.9 Å². The van der Waals surface area contributed by atoms with Crippen LogP contribution in [0.4, 0.5) is 5.69 Å². The number of ether oxygens (including phenoxy) is 1. The first-order valence-corrected chi connectivity index (χ1v) is 12.9. The summed E-state index contributed by atoms with van der Waals surface area (Å²) in [4.78, 5) is 44.8. The summed E-state index contributed by atoms with van der Waals surface area (Å²) in [5, 5.41) is 3.36. The number of carbonyl (C=O) groups is 3. The lowest BCUT2D eigenvalue weighted by Crippen LogP contribution is -2.46. The summed E-state index contributed by atoms with van der Waals surface area (Å²) in [5.74, 6) is -1.96. The molecule has 3 aliphatic heterocycles. The van der Waals surface area contributed by atoms with Crippen LogP contribution in [0.25, 0.3) is 6.08 Å². The van der Waals surface area contributed by atoms with E-state index in [-0.39, 0.29) is 18.4 Å². The Balaban J connectivity index is 1.36. The van der Waals surface area contributed by atoms with Gasteiger partial charge in [-0.2, -0.15) is 0 Å². The van der Waals surface area contributed by atoms with Gasteiger partial charge >= 0.3 is 0 Å². The highest BCUT2D eigenvalue weighted by Gasteiger charge is 2.64. The number of imide groups is 1. The minimum atomic E-state index is -0.878. The maximum atomic E-state index is 13.9. The lowest BCUT2D eigenvalue weighted by molar-refractivity contribution is -0.142. The highest BCUT2D eigenvalue weighted by atomic mass is 35.5. The topological polar surface area (TPSA) is 79.0 Å². The molecule has 3 heterocycles. The van der Waals surface area contributed by atoms with Gasteiger partial charge in [-0.15, -0.1) is 0 Å². The number of likely N-dealkylation sites (tertiary alicyclic amines) is 1. The summed E-state index contributed by atoms with van der Waals surface area (Å²) >= 11 is 6.19. The molecule has 3 amide bonds. The predicted molar refractivity (Wildman–Crippen MR) is 144 cm³/mol. The van der Waals surface area contributed by atoms with Crippen molar-refractivity contribution in [2.75, 3.05) is 19.0 Å². The van der Waals surface area contributed by atoms with E-state index in [1.807, 2.05) is 71.8 Å². The molecule has 0 bridgehead atoms. The van der Waals surface area contributed by atoms with Gasteiger partial charge in [-0.3, -0.25) is 19.3 Å². The molecule has 4 atom stereocenters. The number of methoxy groups -OCH3 is 1. The van der Waals surface area contributed by atoms with Gasteiger partial charge in [0, 0.05) is 17.8 Å². The Morgan fingerprint density at radius 1 is 0.974 bits per heavy atom. The molecule has 3 aromatic carbocycles. The van der Waals surface area contributed by atoms with Crippen LogP contribution in [0.2, 0.25) is 5.02 Å². The number of hydrogen-bond acceptors (Lipinski definition) is 5. The molecule has 0 radical (unpaired) electrons. The number of fused-ring (bicyclic) bond motifs is 5. The SMILES string of the molecule is COc1ccc(Cl)cc1NC(=O)[C@@H]1[C@@H]2C(=O)N(CCc3ccccc3)C(=O)[C@@H]2C2c3ccccc3C=CN21. The molecule has 0 aliphatic carbocycles. The van der Waals surface area contributed by atoms with E-state index in [2.05, 4.69) is 5.32 Å². The Labute approximate surface area is 225 Å². The number of nitrogens with one attached hydrogen (secondary N) is 1. The summed E-state index contributed by atoms with van der Waals surface area (Å²) in [6.07, 6.45) is 4.31. The maximum Gasteiger partial charge on any atom is 0.248 e. The molecule has 3 aliphatic rings. The summed E-state index contributed by atoms with van der Waals surface area (Å²) < 4.78 is 5.40. The zero-order valence-electron chi connectivity index (χ0n) is 20.7. The van der Waals surface area contributed by atoms with Crippen LogP contribution in [0.15, 0.2) is 79.0 Å². The quantitative estimate of drug-likeness (QED) is 0.476. The van der Waals surface area contributed by atoms with Crippen LogP contribution in [-0.2, 0) is 20.8 Å². The van der Waals surface area contributed by atoms with Crippen molar-refractivity contribution < 1.29 is 19.1 Å². The molecule has 0 spiro atoms. The first-order chi connectivity index (χ1) is 18.5. The molecule has 7 nitrogen and oxygen atoms in total. The number of halogens is 1. The number of nitrogens with zero attached hydrogens (tertiary/aromatic N) is 2. The Hall–Kier alpha value is -4.10. The van der Waals surface area contributed by atoms with E-state index in [4.69, 9.17) is 16.3 Å². The molecule has 6 rings (SSSR count). The van der Waals surface area contributed by atoms with Gasteiger partial charge in [0.2, 0.25) is 17.7 Å². The molecule has 2 saturated heterocycles. The van der Waals surface area contributed by atoms with Crippen LogP contribution in [0.5, 0.6) is 5.75 Å². The Kier molecular flexibility index (Phi) is 6.16. The average molecular weight is 528 g/mol. The number of amides is 3. The second-order valence-corrected chi connectivity index (χ2v) is 10.2. The minimum absolute atomic E-state index is 0.230. The second kappa shape index (κ2) is 9.65. The molecule has 3 aromatic rings. The molecule has 0 aromatic heterocycles. The third-order valence-corrected chi connectivity index (χ3v) is 7.94. The molecule has 38 heavy (non-hydrogen) atoms. The lowest BCUT2D eigenvalue weighted by Gasteiger charge is -2.35. The van der Waals surface area contributed by atoms with E-state index in [1.165, 1.54) is 12.0 Å². The van der Waals surface area contributed by atoms with Crippen molar-refractivity contribution in [2.24, 2.45) is 11.8 Å². The van der Waals surface area contributed by atoms with Crippen molar-refractivity contribution in [3.05, 3.63) is 101 Å². The molecular weight excluding hydrogens is 502 g/mol. The highest BCUT2D eigenvalue weighted by molar-refractivity contribution is 6.31. The number of benzene rings is 3. The zero-order valence-corrected chi connectivity index (χ0v) is 21.5. The molecule has 1 unspecified atom stereocenters. The van der Waals surface area contributed by atoms with Crippen molar-refractivity contribution >= 4 is 41.1 Å². The van der Waals surface area contributed by atoms with E-state index < -0.39 is 29.8 Å². The van der Waals surface area contributed by atoms with Crippen LogP contribution in [0, 0.1) is 11.8 Å². The standard InChI is InChI=1S/C30H26ClN3O4/c1-38-23-12-11-20(31)17-22(23)32-28(35)27-25-24(26-21-10-6-5-9-19(21)14-16-33(26)27)29(36)34(30(25)37)15-13-18-7-3-2-4-8-18/h2-12,14,16-17,24-27H,13,15H2,1H3,(H,32,35)/t24-,25+,26?,27-/m0/s1. The molecule has 192 valence electrons. The molecule has 2 fully saturated rings. The fraction of sp³-hybridized carbons (Fsp3) is 0.233. The van der Waals surface area contributed by atoms with Crippen molar-refractivity contribution in [1.82, 2.24) is 9.80 Å². The minimum Gasteiger partial charge on any atom is -0.495 e. The number of hydrogen-bond donors (Lipinski definition) is 1. The highest BCUT2D eigenvalue weighted by Crippen LogP contribution is 2.52. The zero-order chi connectivity index (χ0) is 26.4. The van der Waals surface area contributed by atoms with Gasteiger partial charge in [-0.05, 0) is 47.4 Å². The number of carbonyl (C=O) groups excluding carboxylic acids is 3. The van der Waals surface area contributed by atoms with Crippen LogP contribution in [0.1, 0.15) is 22.7 Å². The van der Waals surface area contributed by atoms with Crippen LogP contribution >= 0.6 is 11.6 Å². The number of anilines is 1. The Morgan fingerprint density at radius 3 is 2.50 bits per heavy atom. The summed E-state index contributed by atoms with van der Waals surface area (Å²) in [6, 6.07) is 21.2. The van der Waals surface area contributed by atoms with Gasteiger partial charge in [0.05, 0.1) is 30.7 Å². The van der Waals surface area contributed by atoms with Crippen molar-refractivity contribution in [3.63, 3.8) is 0 Å². The van der Waals surface area contributed by atoms with Gasteiger partial charge in [-0.1, -0.05) is 66.2 Å². The van der Waals surface area contributed by atoms with Gasteiger partial charge in [0.1, 0.15) is 11.8 Å². The first kappa shape index (κ1) is 24.2. The van der Waals surface area contributed by atoms with Crippen LogP contribution in [0.3, 0.4) is 0 Å². The maximum absolute atomic E-state index is 13.9. The second-order valence-electron chi connectivity index (χ2n) is 9.73. The van der Waals surface area contributed by atoms with Crippen molar-refractivity contribution in [3.8, 4) is 5.75 Å². The monoisotopic (exact) mass is 527 g/mol. The van der Waals surface area contributed by atoms with Gasteiger partial charge in [0.25, 0.3) is 0 Å². The van der Waals surface area contributed by atoms with Crippen LogP contribution < -0.4 is 10.1 Å². The molecule has 8 heteroatoms. The normalized spacial score (nSPS) is 23.2. The predicted octanol–water partition coefficient (Wildman–Crippen LogP) is 4.54. The van der Waals surface area contributed by atoms with Crippen LogP contribution in [-0.4, -0.2) is 47.2 Å². The Morgan fingerprint density at radius 2 is 1.71 bits per heavy atom. The first-order valence-electron chi connectivity index (χ1n) is 12.6.